The topological polar surface area (TPSA) is 130 Å². The lowest BCUT2D eigenvalue weighted by molar-refractivity contribution is 0.0695. The van der Waals surface area contributed by atoms with Crippen molar-refractivity contribution in [2.75, 3.05) is 5.32 Å². The third kappa shape index (κ3) is 4.53. The van der Waals surface area contributed by atoms with Gasteiger partial charge in [-0.1, -0.05) is 0 Å². The standard InChI is InChI=1S/C23H16BrN5O4/c1-2-29-12-16(22(31)32)21(30)15-9-17(24)19(10-18(15)29)33-20-7-8-26-23(28-20)27-14-5-3-13(11-25)4-6-14/h3-10,12H,2H2,1H3,(H,31,32)(H,26,27,28). The third-order valence-electron chi connectivity index (χ3n) is 4.82. The Balaban J connectivity index is 1.67. The zero-order chi connectivity index (χ0) is 23.5. The van der Waals surface area contributed by atoms with E-state index in [1.165, 1.54) is 12.4 Å². The number of carboxylic acids is 1. The van der Waals surface area contributed by atoms with Crippen LogP contribution in [-0.2, 0) is 6.54 Å². The number of fused-ring (bicyclic) bond motifs is 1. The molecule has 0 aliphatic carbocycles. The van der Waals surface area contributed by atoms with Crippen LogP contribution in [0.25, 0.3) is 10.9 Å². The van der Waals surface area contributed by atoms with Crippen LogP contribution in [0.1, 0.15) is 22.8 Å². The van der Waals surface area contributed by atoms with Gasteiger partial charge in [-0.3, -0.25) is 4.79 Å². The van der Waals surface area contributed by atoms with Crippen molar-refractivity contribution in [1.29, 1.82) is 5.26 Å². The zero-order valence-electron chi connectivity index (χ0n) is 17.2. The van der Waals surface area contributed by atoms with Gasteiger partial charge in [-0.15, -0.1) is 0 Å². The summed E-state index contributed by atoms with van der Waals surface area (Å²) in [5.41, 5.74) is 0.931. The Morgan fingerprint density at radius 3 is 2.70 bits per heavy atom. The zero-order valence-corrected chi connectivity index (χ0v) is 18.8. The molecule has 0 saturated heterocycles. The van der Waals surface area contributed by atoms with Gasteiger partial charge in [0.1, 0.15) is 11.3 Å². The molecule has 10 heteroatoms. The molecule has 2 heterocycles. The predicted octanol–water partition coefficient (Wildman–Crippen LogP) is 4.68. The van der Waals surface area contributed by atoms with Crippen LogP contribution >= 0.6 is 15.9 Å². The Hall–Kier alpha value is -4.23. The van der Waals surface area contributed by atoms with Crippen LogP contribution in [-0.4, -0.2) is 25.6 Å². The Labute approximate surface area is 196 Å². The maximum Gasteiger partial charge on any atom is 0.341 e. The van der Waals surface area contributed by atoms with E-state index in [1.54, 1.807) is 47.0 Å². The molecule has 0 amide bonds. The van der Waals surface area contributed by atoms with Crippen LogP contribution < -0.4 is 15.5 Å². The maximum atomic E-state index is 12.6. The molecule has 9 nitrogen and oxygen atoms in total. The van der Waals surface area contributed by atoms with Crippen molar-refractivity contribution >= 4 is 44.4 Å². The minimum Gasteiger partial charge on any atom is -0.477 e. The number of ether oxygens (including phenoxy) is 1. The number of nitrogens with zero attached hydrogens (tertiary/aromatic N) is 4. The average Bonchev–Trinajstić information content (AvgIpc) is 2.81. The second-order valence-electron chi connectivity index (χ2n) is 6.90. The average molecular weight is 506 g/mol. The minimum atomic E-state index is -1.27. The molecule has 0 atom stereocenters. The number of pyridine rings is 1. The number of rotatable bonds is 6. The van der Waals surface area contributed by atoms with Crippen molar-refractivity contribution in [2.24, 2.45) is 0 Å². The number of aromatic nitrogens is 3. The molecule has 0 fully saturated rings. The van der Waals surface area contributed by atoms with E-state index >= 15 is 0 Å². The lowest BCUT2D eigenvalue weighted by atomic mass is 10.1. The minimum absolute atomic E-state index is 0.258. The molecule has 164 valence electrons. The molecule has 0 aliphatic rings. The number of hydrogen-bond donors (Lipinski definition) is 2. The molecular formula is C23H16BrN5O4. The number of nitrogens with one attached hydrogen (secondary N) is 1. The number of hydrogen-bond acceptors (Lipinski definition) is 7. The van der Waals surface area contributed by atoms with Gasteiger partial charge in [0.05, 0.1) is 21.6 Å². The van der Waals surface area contributed by atoms with E-state index < -0.39 is 11.4 Å². The number of benzene rings is 2. The molecule has 0 saturated carbocycles. The van der Waals surface area contributed by atoms with E-state index in [0.717, 1.165) is 0 Å². The fourth-order valence-electron chi connectivity index (χ4n) is 3.21. The highest BCUT2D eigenvalue weighted by atomic mass is 79.9. The van der Waals surface area contributed by atoms with Gasteiger partial charge in [0.2, 0.25) is 17.3 Å². The van der Waals surface area contributed by atoms with E-state index in [1.807, 2.05) is 6.92 Å². The first-order valence-corrected chi connectivity index (χ1v) is 10.6. The van der Waals surface area contributed by atoms with Crippen molar-refractivity contribution in [3.05, 3.63) is 80.7 Å². The number of anilines is 2. The van der Waals surface area contributed by atoms with E-state index in [0.29, 0.717) is 39.5 Å². The summed E-state index contributed by atoms with van der Waals surface area (Å²) in [5.74, 6) is -0.321. The Morgan fingerprint density at radius 2 is 2.03 bits per heavy atom. The van der Waals surface area contributed by atoms with E-state index in [4.69, 9.17) is 10.00 Å². The normalized spacial score (nSPS) is 10.6. The van der Waals surface area contributed by atoms with Gasteiger partial charge in [0.25, 0.3) is 0 Å². The lowest BCUT2D eigenvalue weighted by Crippen LogP contribution is -2.18. The molecule has 33 heavy (non-hydrogen) atoms. The summed E-state index contributed by atoms with van der Waals surface area (Å²) < 4.78 is 8.08. The van der Waals surface area contributed by atoms with Crippen molar-refractivity contribution < 1.29 is 14.6 Å². The predicted molar refractivity (Wildman–Crippen MR) is 125 cm³/mol. The molecule has 0 aliphatic heterocycles. The number of aryl methyl sites for hydroxylation is 1. The summed E-state index contributed by atoms with van der Waals surface area (Å²) in [6.07, 6.45) is 2.86. The van der Waals surface area contributed by atoms with Crippen molar-refractivity contribution in [3.63, 3.8) is 0 Å². The first kappa shape index (κ1) is 22.0. The fraction of sp³-hybridized carbons (Fsp3) is 0.0870. The maximum absolute atomic E-state index is 12.6. The Bertz CT molecular complexity index is 1480. The van der Waals surface area contributed by atoms with Gasteiger partial charge in [0, 0.05) is 42.1 Å². The molecule has 2 aromatic heterocycles. The number of halogens is 1. The van der Waals surface area contributed by atoms with Gasteiger partial charge >= 0.3 is 5.97 Å². The lowest BCUT2D eigenvalue weighted by Gasteiger charge is -2.14. The van der Waals surface area contributed by atoms with Crippen LogP contribution in [0.3, 0.4) is 0 Å². The summed E-state index contributed by atoms with van der Waals surface area (Å²) in [7, 11) is 0. The summed E-state index contributed by atoms with van der Waals surface area (Å²) in [5, 5.41) is 21.6. The number of carbonyl (C=O) groups is 1. The number of aromatic carboxylic acids is 1. The number of nitriles is 1. The first-order chi connectivity index (χ1) is 15.9. The van der Waals surface area contributed by atoms with Crippen LogP contribution in [0, 0.1) is 11.3 Å². The smallest absolute Gasteiger partial charge is 0.341 e. The van der Waals surface area contributed by atoms with E-state index in [9.17, 15) is 14.7 Å². The Morgan fingerprint density at radius 1 is 1.27 bits per heavy atom. The molecule has 4 aromatic rings. The van der Waals surface area contributed by atoms with Crippen molar-refractivity contribution in [1.82, 2.24) is 14.5 Å². The van der Waals surface area contributed by atoms with Crippen molar-refractivity contribution in [3.8, 4) is 17.7 Å². The molecule has 4 rings (SSSR count). The van der Waals surface area contributed by atoms with Crippen LogP contribution in [0.5, 0.6) is 11.6 Å². The van der Waals surface area contributed by atoms with Crippen LogP contribution in [0.2, 0.25) is 0 Å². The highest BCUT2D eigenvalue weighted by Crippen LogP contribution is 2.33. The van der Waals surface area contributed by atoms with E-state index in [-0.39, 0.29) is 16.8 Å². The molecule has 0 bridgehead atoms. The van der Waals surface area contributed by atoms with E-state index in [2.05, 4.69) is 37.3 Å². The molecule has 2 aromatic carbocycles. The second-order valence-corrected chi connectivity index (χ2v) is 7.75. The highest BCUT2D eigenvalue weighted by Gasteiger charge is 2.17. The number of carboxylic acid groups (broad SMARTS) is 1. The first-order valence-electron chi connectivity index (χ1n) is 9.77. The third-order valence-corrected chi connectivity index (χ3v) is 5.44. The quantitative estimate of drug-likeness (QED) is 0.386. The molecular weight excluding hydrogens is 490 g/mol. The van der Waals surface area contributed by atoms with Gasteiger partial charge in [-0.05, 0) is 53.2 Å². The molecule has 2 N–H and O–H groups in total. The molecule has 0 unspecified atom stereocenters. The summed E-state index contributed by atoms with van der Waals surface area (Å²) in [6.45, 7) is 2.31. The fourth-order valence-corrected chi connectivity index (χ4v) is 3.64. The van der Waals surface area contributed by atoms with Crippen LogP contribution in [0.15, 0.2) is 64.1 Å². The second kappa shape index (κ2) is 9.10. The summed E-state index contributed by atoms with van der Waals surface area (Å²) in [6, 6.07) is 13.7. The molecule has 0 radical (unpaired) electrons. The van der Waals surface area contributed by atoms with Gasteiger partial charge in [-0.2, -0.15) is 10.2 Å². The molecule has 0 spiro atoms. The Kier molecular flexibility index (Phi) is 6.06. The summed E-state index contributed by atoms with van der Waals surface area (Å²) >= 11 is 3.40. The largest absolute Gasteiger partial charge is 0.477 e. The van der Waals surface area contributed by atoms with Gasteiger partial charge in [-0.25, -0.2) is 9.78 Å². The summed E-state index contributed by atoms with van der Waals surface area (Å²) in [4.78, 5) is 32.6. The SMILES string of the molecule is CCn1cc(C(=O)O)c(=O)c2cc(Br)c(Oc3ccnc(Nc4ccc(C#N)cc4)n3)cc21. The monoisotopic (exact) mass is 505 g/mol. The highest BCUT2D eigenvalue weighted by molar-refractivity contribution is 9.10. The van der Waals surface area contributed by atoms with Crippen molar-refractivity contribution in [2.45, 2.75) is 13.5 Å². The van der Waals surface area contributed by atoms with Crippen LogP contribution in [0.4, 0.5) is 11.6 Å². The van der Waals surface area contributed by atoms with Gasteiger partial charge < -0.3 is 19.7 Å². The van der Waals surface area contributed by atoms with Gasteiger partial charge in [0.15, 0.2) is 0 Å².